The normalized spacial score (nSPS) is 13.0. The van der Waals surface area contributed by atoms with E-state index in [0.717, 1.165) is 24.3 Å². The fraction of sp³-hybridized carbons (Fsp3) is 0.350. The van der Waals surface area contributed by atoms with Crippen molar-refractivity contribution in [3.63, 3.8) is 0 Å². The highest BCUT2D eigenvalue weighted by Crippen LogP contribution is 2.32. The number of aliphatic hydroxyl groups excluding tert-OH is 1. The van der Waals surface area contributed by atoms with Gasteiger partial charge in [-0.25, -0.2) is 8.42 Å². The quantitative estimate of drug-likeness (QED) is 0.555. The Kier molecular flexibility index (Phi) is 7.55. The molecule has 0 bridgehead atoms. The van der Waals surface area contributed by atoms with Gasteiger partial charge < -0.3 is 15.2 Å². The maximum Gasteiger partial charge on any atom is 0.416 e. The van der Waals surface area contributed by atoms with Gasteiger partial charge in [0.15, 0.2) is 0 Å². The van der Waals surface area contributed by atoms with Crippen molar-refractivity contribution in [2.45, 2.75) is 37.9 Å². The van der Waals surface area contributed by atoms with Gasteiger partial charge in [-0.2, -0.15) is 13.2 Å². The number of amides is 1. The number of rotatable bonds is 8. The Bertz CT molecular complexity index is 1020. The number of benzene rings is 2. The van der Waals surface area contributed by atoms with Crippen LogP contribution in [0.3, 0.4) is 0 Å². The minimum atomic E-state index is -4.54. The molecule has 2 rings (SSSR count). The molecule has 11 heteroatoms. The van der Waals surface area contributed by atoms with Crippen LogP contribution in [0, 0.1) is 5.92 Å². The molecule has 3 N–H and O–H groups in total. The minimum Gasteiger partial charge on any atom is -0.492 e. The Morgan fingerprint density at radius 2 is 1.68 bits per heavy atom. The van der Waals surface area contributed by atoms with Crippen LogP contribution < -0.4 is 14.8 Å². The van der Waals surface area contributed by atoms with Crippen LogP contribution in [0.25, 0.3) is 0 Å². The summed E-state index contributed by atoms with van der Waals surface area (Å²) in [6.45, 7) is 5.08. The van der Waals surface area contributed by atoms with Crippen molar-refractivity contribution < 1.29 is 36.2 Å². The molecule has 1 atom stereocenters. The molecule has 0 aliphatic heterocycles. The molecular weight excluding hydrogens is 437 g/mol. The molecule has 2 aromatic carbocycles. The minimum absolute atomic E-state index is 0.0621. The number of anilines is 2. The number of ether oxygens (including phenoxy) is 1. The van der Waals surface area contributed by atoms with Gasteiger partial charge in [-0.15, -0.1) is 0 Å². The fourth-order valence-electron chi connectivity index (χ4n) is 2.53. The van der Waals surface area contributed by atoms with Gasteiger partial charge in [0.2, 0.25) is 0 Å². The lowest BCUT2D eigenvalue weighted by Gasteiger charge is -2.17. The maximum atomic E-state index is 12.8. The van der Waals surface area contributed by atoms with Crippen molar-refractivity contribution in [2.24, 2.45) is 5.92 Å². The zero-order valence-electron chi connectivity index (χ0n) is 17.0. The van der Waals surface area contributed by atoms with E-state index in [-0.39, 0.29) is 34.5 Å². The Balaban J connectivity index is 2.30. The Labute approximate surface area is 178 Å². The molecule has 1 amide bonds. The van der Waals surface area contributed by atoms with Crippen molar-refractivity contribution in [3.8, 4) is 5.75 Å². The van der Waals surface area contributed by atoms with E-state index >= 15 is 0 Å². The van der Waals surface area contributed by atoms with Gasteiger partial charge in [-0.3, -0.25) is 9.52 Å². The van der Waals surface area contributed by atoms with Crippen LogP contribution in [0.2, 0.25) is 0 Å². The third-order valence-corrected chi connectivity index (χ3v) is 5.59. The predicted octanol–water partition coefficient (Wildman–Crippen LogP) is 3.86. The van der Waals surface area contributed by atoms with Crippen LogP contribution in [-0.2, 0) is 21.0 Å². The summed E-state index contributed by atoms with van der Waals surface area (Å²) in [6.07, 6.45) is -5.79. The second-order valence-electron chi connectivity index (χ2n) is 6.95. The zero-order valence-corrected chi connectivity index (χ0v) is 17.8. The molecule has 0 spiro atoms. The summed E-state index contributed by atoms with van der Waals surface area (Å²) in [5.74, 6) is -1.05. The van der Waals surface area contributed by atoms with Crippen molar-refractivity contribution in [1.29, 1.82) is 0 Å². The topological polar surface area (TPSA) is 105 Å². The number of aliphatic hydroxyl groups is 1. The SMILES string of the molecule is CCOc1cc(NC(=O)[C@@H](O)C(C)C)ccc1S(=O)(=O)Nc1ccc(C(F)(F)F)cc1. The number of hydrogen-bond acceptors (Lipinski definition) is 5. The smallest absolute Gasteiger partial charge is 0.416 e. The average Bonchev–Trinajstić information content (AvgIpc) is 2.67. The van der Waals surface area contributed by atoms with Gasteiger partial charge in [-0.05, 0) is 49.2 Å². The van der Waals surface area contributed by atoms with Crippen molar-refractivity contribution in [2.75, 3.05) is 16.6 Å². The lowest BCUT2D eigenvalue weighted by molar-refractivity contribution is -0.137. The molecule has 0 saturated carbocycles. The van der Waals surface area contributed by atoms with Crippen LogP contribution >= 0.6 is 0 Å². The van der Waals surface area contributed by atoms with E-state index in [0.29, 0.717) is 0 Å². The van der Waals surface area contributed by atoms with Gasteiger partial charge in [0.25, 0.3) is 15.9 Å². The number of halogens is 3. The van der Waals surface area contributed by atoms with Gasteiger partial charge in [0, 0.05) is 17.4 Å². The lowest BCUT2D eigenvalue weighted by atomic mass is 10.1. The van der Waals surface area contributed by atoms with Crippen LogP contribution in [0.15, 0.2) is 47.4 Å². The summed E-state index contributed by atoms with van der Waals surface area (Å²) in [7, 11) is -4.21. The number of alkyl halides is 3. The zero-order chi connectivity index (χ0) is 23.4. The molecule has 0 unspecified atom stereocenters. The van der Waals surface area contributed by atoms with Crippen molar-refractivity contribution in [3.05, 3.63) is 48.0 Å². The average molecular weight is 460 g/mol. The molecule has 2 aromatic rings. The van der Waals surface area contributed by atoms with Gasteiger partial charge in [-0.1, -0.05) is 13.8 Å². The fourth-order valence-corrected chi connectivity index (χ4v) is 3.72. The molecule has 0 fully saturated rings. The Hall–Kier alpha value is -2.79. The third-order valence-electron chi connectivity index (χ3n) is 4.17. The highest BCUT2D eigenvalue weighted by atomic mass is 32.2. The molecule has 0 aliphatic carbocycles. The predicted molar refractivity (Wildman–Crippen MR) is 109 cm³/mol. The van der Waals surface area contributed by atoms with Gasteiger partial charge in [0.1, 0.15) is 16.7 Å². The lowest BCUT2D eigenvalue weighted by Crippen LogP contribution is -2.31. The number of sulfonamides is 1. The Morgan fingerprint density at radius 1 is 1.10 bits per heavy atom. The summed E-state index contributed by atoms with van der Waals surface area (Å²) in [5.41, 5.74) is -0.761. The maximum absolute atomic E-state index is 12.8. The second-order valence-corrected chi connectivity index (χ2v) is 8.60. The standard InChI is InChI=1S/C20H23F3N2O5S/c1-4-30-16-11-15(24-19(27)18(26)12(2)3)9-10-17(16)31(28,29)25-14-7-5-13(6-8-14)20(21,22)23/h5-12,18,25-26H,4H2,1-3H3,(H,24,27)/t18-/m0/s1. The monoisotopic (exact) mass is 460 g/mol. The largest absolute Gasteiger partial charge is 0.492 e. The molecule has 7 nitrogen and oxygen atoms in total. The first-order valence-corrected chi connectivity index (χ1v) is 10.8. The molecule has 31 heavy (non-hydrogen) atoms. The third kappa shape index (κ3) is 6.34. The van der Waals surface area contributed by atoms with Crippen molar-refractivity contribution >= 4 is 27.3 Å². The molecule has 0 aromatic heterocycles. The van der Waals surface area contributed by atoms with E-state index < -0.39 is 33.8 Å². The van der Waals surface area contributed by atoms with Gasteiger partial charge in [0.05, 0.1) is 12.2 Å². The highest BCUT2D eigenvalue weighted by Gasteiger charge is 2.30. The number of nitrogens with one attached hydrogen (secondary N) is 2. The number of hydrogen-bond donors (Lipinski definition) is 3. The summed E-state index contributed by atoms with van der Waals surface area (Å²) in [5, 5.41) is 12.3. The van der Waals surface area contributed by atoms with E-state index in [1.54, 1.807) is 20.8 Å². The highest BCUT2D eigenvalue weighted by molar-refractivity contribution is 7.92. The second kappa shape index (κ2) is 9.56. The first kappa shape index (κ1) is 24.5. The van der Waals surface area contributed by atoms with Crippen LogP contribution in [-0.4, -0.2) is 32.1 Å². The van der Waals surface area contributed by atoms with Crippen LogP contribution in [0.1, 0.15) is 26.3 Å². The first-order valence-electron chi connectivity index (χ1n) is 9.31. The number of carbonyl (C=O) groups is 1. The molecule has 0 saturated heterocycles. The number of carbonyl (C=O) groups excluding carboxylic acids is 1. The summed E-state index contributed by atoms with van der Waals surface area (Å²) < 4.78 is 71.2. The molecule has 170 valence electrons. The molecule has 0 radical (unpaired) electrons. The van der Waals surface area contributed by atoms with E-state index in [2.05, 4.69) is 10.0 Å². The van der Waals surface area contributed by atoms with E-state index in [1.807, 2.05) is 0 Å². The summed E-state index contributed by atoms with van der Waals surface area (Å²) >= 11 is 0. The Morgan fingerprint density at radius 3 is 2.19 bits per heavy atom. The van der Waals surface area contributed by atoms with Crippen LogP contribution in [0.5, 0.6) is 5.75 Å². The van der Waals surface area contributed by atoms with Gasteiger partial charge >= 0.3 is 6.18 Å². The van der Waals surface area contributed by atoms with Crippen molar-refractivity contribution in [1.82, 2.24) is 0 Å². The van der Waals surface area contributed by atoms with E-state index in [1.165, 1.54) is 18.2 Å². The molecule has 0 aliphatic rings. The molecule has 0 heterocycles. The summed E-state index contributed by atoms with van der Waals surface area (Å²) in [6, 6.07) is 7.32. The van der Waals surface area contributed by atoms with Crippen LogP contribution in [0.4, 0.5) is 24.5 Å². The van der Waals surface area contributed by atoms with E-state index in [9.17, 15) is 31.5 Å². The first-order chi connectivity index (χ1) is 14.3. The van der Waals surface area contributed by atoms with E-state index in [4.69, 9.17) is 4.74 Å². The summed E-state index contributed by atoms with van der Waals surface area (Å²) in [4.78, 5) is 11.8. The molecular formula is C20H23F3N2O5S.